The van der Waals surface area contributed by atoms with Gasteiger partial charge in [-0.05, 0) is 19.1 Å². The Kier molecular flexibility index (Phi) is 2.49. The first-order chi connectivity index (χ1) is 7.58. The van der Waals surface area contributed by atoms with Crippen LogP contribution in [-0.2, 0) is 4.79 Å². The number of carboxylic acid groups (broad SMARTS) is 1. The Bertz CT molecular complexity index is 515. The van der Waals surface area contributed by atoms with E-state index in [1.165, 1.54) is 6.20 Å². The van der Waals surface area contributed by atoms with Crippen molar-refractivity contribution in [1.29, 1.82) is 0 Å². The fourth-order valence-corrected chi connectivity index (χ4v) is 1.32. The van der Waals surface area contributed by atoms with Crippen LogP contribution in [0.2, 0.25) is 0 Å². The molecule has 0 amide bonds. The normalized spacial score (nSPS) is 12.6. The minimum Gasteiger partial charge on any atom is -0.480 e. The fourth-order valence-electron chi connectivity index (χ4n) is 1.32. The van der Waals surface area contributed by atoms with Crippen LogP contribution in [0.1, 0.15) is 17.6 Å². The van der Waals surface area contributed by atoms with Crippen molar-refractivity contribution in [3.63, 3.8) is 0 Å². The molecule has 1 unspecified atom stereocenters. The Hall–Kier alpha value is -2.08. The lowest BCUT2D eigenvalue weighted by Crippen LogP contribution is -2.21. The first-order valence-electron chi connectivity index (χ1n) is 4.68. The lowest BCUT2D eigenvalue weighted by Gasteiger charge is -2.00. The van der Waals surface area contributed by atoms with Gasteiger partial charge in [-0.15, -0.1) is 0 Å². The average molecular weight is 221 g/mol. The molecule has 4 N–H and O–H groups in total. The van der Waals surface area contributed by atoms with Crippen LogP contribution in [0.3, 0.4) is 0 Å². The molecule has 0 aliphatic heterocycles. The minimum absolute atomic E-state index is 0.205. The summed E-state index contributed by atoms with van der Waals surface area (Å²) in [5.41, 5.74) is 6.02. The highest BCUT2D eigenvalue weighted by Crippen LogP contribution is 2.20. The van der Waals surface area contributed by atoms with E-state index in [1.54, 1.807) is 6.07 Å². The zero-order chi connectivity index (χ0) is 11.7. The Morgan fingerprint density at radius 2 is 2.38 bits per heavy atom. The van der Waals surface area contributed by atoms with E-state index in [0.29, 0.717) is 11.5 Å². The zero-order valence-corrected chi connectivity index (χ0v) is 8.60. The Morgan fingerprint density at radius 1 is 1.62 bits per heavy atom. The summed E-state index contributed by atoms with van der Waals surface area (Å²) in [6.07, 6.45) is 1.50. The van der Waals surface area contributed by atoms with Gasteiger partial charge in [0.2, 0.25) is 0 Å². The number of aromatic amines is 1. The number of H-pyrrole nitrogens is 1. The van der Waals surface area contributed by atoms with E-state index in [0.717, 1.165) is 5.76 Å². The molecular formula is C10H11N3O3. The van der Waals surface area contributed by atoms with E-state index >= 15 is 0 Å². The van der Waals surface area contributed by atoms with Crippen molar-refractivity contribution < 1.29 is 14.3 Å². The number of nitrogens with two attached hydrogens (primary N) is 1. The predicted molar refractivity (Wildman–Crippen MR) is 55.6 cm³/mol. The summed E-state index contributed by atoms with van der Waals surface area (Å²) in [5, 5.41) is 8.71. The Labute approximate surface area is 91.1 Å². The third kappa shape index (κ3) is 1.82. The maximum Gasteiger partial charge on any atom is 0.328 e. The summed E-state index contributed by atoms with van der Waals surface area (Å²) < 4.78 is 5.36. The van der Waals surface area contributed by atoms with Crippen molar-refractivity contribution >= 4 is 5.97 Å². The van der Waals surface area contributed by atoms with Crippen molar-refractivity contribution in [2.45, 2.75) is 13.0 Å². The van der Waals surface area contributed by atoms with Crippen LogP contribution in [0, 0.1) is 6.92 Å². The zero-order valence-electron chi connectivity index (χ0n) is 8.60. The molecule has 2 rings (SSSR count). The highest BCUT2D eigenvalue weighted by atomic mass is 16.4. The van der Waals surface area contributed by atoms with Crippen LogP contribution in [0.25, 0.3) is 11.5 Å². The molecule has 16 heavy (non-hydrogen) atoms. The van der Waals surface area contributed by atoms with Crippen LogP contribution < -0.4 is 5.73 Å². The number of aliphatic carboxylic acids is 1. The van der Waals surface area contributed by atoms with Gasteiger partial charge in [-0.25, -0.2) is 4.98 Å². The average Bonchev–Trinajstić information content (AvgIpc) is 2.84. The van der Waals surface area contributed by atoms with Crippen LogP contribution >= 0.6 is 0 Å². The Morgan fingerprint density at radius 3 is 2.94 bits per heavy atom. The van der Waals surface area contributed by atoms with Crippen molar-refractivity contribution in [2.24, 2.45) is 5.73 Å². The van der Waals surface area contributed by atoms with Gasteiger partial charge in [0.15, 0.2) is 11.8 Å². The maximum atomic E-state index is 10.6. The molecule has 2 aromatic rings. The lowest BCUT2D eigenvalue weighted by molar-refractivity contribution is -0.138. The third-order valence-corrected chi connectivity index (χ3v) is 2.16. The van der Waals surface area contributed by atoms with Gasteiger partial charge in [0.1, 0.15) is 17.3 Å². The molecule has 0 spiro atoms. The minimum atomic E-state index is -1.15. The van der Waals surface area contributed by atoms with Crippen LogP contribution in [0.4, 0.5) is 0 Å². The first-order valence-corrected chi connectivity index (χ1v) is 4.68. The molecule has 84 valence electrons. The summed E-state index contributed by atoms with van der Waals surface area (Å²) in [6.45, 7) is 1.82. The molecule has 2 heterocycles. The van der Waals surface area contributed by atoms with Crippen molar-refractivity contribution in [2.75, 3.05) is 0 Å². The molecule has 0 saturated heterocycles. The second-order valence-electron chi connectivity index (χ2n) is 3.41. The van der Waals surface area contributed by atoms with Gasteiger partial charge < -0.3 is 20.2 Å². The van der Waals surface area contributed by atoms with Gasteiger partial charge >= 0.3 is 5.97 Å². The second kappa shape index (κ2) is 3.82. The molecule has 0 aliphatic carbocycles. The number of hydrogen-bond donors (Lipinski definition) is 3. The van der Waals surface area contributed by atoms with Gasteiger partial charge in [-0.3, -0.25) is 4.79 Å². The van der Waals surface area contributed by atoms with Gasteiger partial charge in [0.25, 0.3) is 0 Å². The standard InChI is InChI=1S/C10H11N3O3/c1-5-2-3-7(16-5)6-4-12-9(13-6)8(11)10(14)15/h2-4,8H,11H2,1H3,(H,12,13)(H,14,15). The highest BCUT2D eigenvalue weighted by molar-refractivity contribution is 5.74. The number of nitrogens with one attached hydrogen (secondary N) is 1. The smallest absolute Gasteiger partial charge is 0.328 e. The molecular weight excluding hydrogens is 210 g/mol. The Balaban J connectivity index is 2.29. The van der Waals surface area contributed by atoms with E-state index in [-0.39, 0.29) is 5.82 Å². The molecule has 0 aromatic carbocycles. The molecule has 1 atom stereocenters. The van der Waals surface area contributed by atoms with E-state index in [2.05, 4.69) is 9.97 Å². The van der Waals surface area contributed by atoms with Crippen LogP contribution in [0.15, 0.2) is 22.7 Å². The summed E-state index contributed by atoms with van der Waals surface area (Å²) in [5.74, 6) is 0.454. The second-order valence-corrected chi connectivity index (χ2v) is 3.41. The van der Waals surface area contributed by atoms with Gasteiger partial charge in [-0.2, -0.15) is 0 Å². The summed E-state index contributed by atoms with van der Waals surface area (Å²) in [7, 11) is 0. The summed E-state index contributed by atoms with van der Waals surface area (Å²) >= 11 is 0. The number of furan rings is 1. The van der Waals surface area contributed by atoms with Gasteiger partial charge in [0.05, 0.1) is 6.20 Å². The number of hydrogen-bond acceptors (Lipinski definition) is 4. The van der Waals surface area contributed by atoms with Gasteiger partial charge in [0, 0.05) is 0 Å². The molecule has 0 bridgehead atoms. The van der Waals surface area contributed by atoms with Crippen molar-refractivity contribution in [3.05, 3.63) is 29.9 Å². The van der Waals surface area contributed by atoms with Crippen LogP contribution in [-0.4, -0.2) is 21.0 Å². The van der Waals surface area contributed by atoms with E-state index < -0.39 is 12.0 Å². The van der Waals surface area contributed by atoms with E-state index in [9.17, 15) is 4.79 Å². The molecule has 6 heteroatoms. The number of imidazole rings is 1. The monoisotopic (exact) mass is 221 g/mol. The molecule has 2 aromatic heterocycles. The topological polar surface area (TPSA) is 105 Å². The third-order valence-electron chi connectivity index (χ3n) is 2.16. The maximum absolute atomic E-state index is 10.6. The molecule has 0 saturated carbocycles. The van der Waals surface area contributed by atoms with E-state index in [4.69, 9.17) is 15.3 Å². The highest BCUT2D eigenvalue weighted by Gasteiger charge is 2.18. The quantitative estimate of drug-likeness (QED) is 0.718. The fraction of sp³-hybridized carbons (Fsp3) is 0.200. The number of carbonyl (C=O) groups is 1. The SMILES string of the molecule is Cc1ccc(-c2cnc(C(N)C(=O)O)[nH]2)o1. The molecule has 0 radical (unpaired) electrons. The number of aryl methyl sites for hydroxylation is 1. The molecule has 6 nitrogen and oxygen atoms in total. The summed E-state index contributed by atoms with van der Waals surface area (Å²) in [4.78, 5) is 17.4. The van der Waals surface area contributed by atoms with Crippen molar-refractivity contribution in [3.8, 4) is 11.5 Å². The molecule has 0 fully saturated rings. The number of rotatable bonds is 3. The number of nitrogens with zero attached hydrogens (tertiary/aromatic N) is 1. The van der Waals surface area contributed by atoms with Crippen LogP contribution in [0.5, 0.6) is 0 Å². The van der Waals surface area contributed by atoms with E-state index in [1.807, 2.05) is 13.0 Å². The lowest BCUT2D eigenvalue weighted by atomic mass is 10.3. The largest absolute Gasteiger partial charge is 0.480 e. The number of aromatic nitrogens is 2. The number of carboxylic acids is 1. The van der Waals surface area contributed by atoms with Crippen molar-refractivity contribution in [1.82, 2.24) is 9.97 Å². The van der Waals surface area contributed by atoms with Gasteiger partial charge in [-0.1, -0.05) is 0 Å². The predicted octanol–water partition coefficient (Wildman–Crippen LogP) is 1.06. The molecule has 0 aliphatic rings. The summed E-state index contributed by atoms with van der Waals surface area (Å²) in [6, 6.07) is 2.44. The first kappa shape index (κ1) is 10.4.